The molecule has 0 bridgehead atoms. The quantitative estimate of drug-likeness (QED) is 0.858. The van der Waals surface area contributed by atoms with Crippen molar-refractivity contribution in [2.24, 2.45) is 0 Å². The van der Waals surface area contributed by atoms with Crippen molar-refractivity contribution in [2.75, 3.05) is 31.1 Å². The molecule has 7 heteroatoms. The van der Waals surface area contributed by atoms with Gasteiger partial charge in [-0.3, -0.25) is 4.90 Å². The first-order valence-electron chi connectivity index (χ1n) is 7.31. The van der Waals surface area contributed by atoms with Gasteiger partial charge in [0.05, 0.1) is 6.54 Å². The van der Waals surface area contributed by atoms with Crippen molar-refractivity contribution in [2.45, 2.75) is 37.9 Å². The largest absolute Gasteiger partial charge is 0.401 e. The molecule has 1 aliphatic heterocycles. The van der Waals surface area contributed by atoms with Crippen LogP contribution in [0.1, 0.15) is 31.5 Å². The SMILES string of the molecule is CC1CN(c2ccnc(C3CC3)n2)CCN1CC(F)(F)F. The molecule has 3 rings (SSSR count). The van der Waals surface area contributed by atoms with Gasteiger partial charge in [0.25, 0.3) is 0 Å². The second kappa shape index (κ2) is 5.44. The number of piperazine rings is 1. The van der Waals surface area contributed by atoms with Gasteiger partial charge in [-0.2, -0.15) is 13.2 Å². The lowest BCUT2D eigenvalue weighted by Crippen LogP contribution is -2.54. The Morgan fingerprint density at radius 1 is 1.29 bits per heavy atom. The highest BCUT2D eigenvalue weighted by Crippen LogP contribution is 2.38. The summed E-state index contributed by atoms with van der Waals surface area (Å²) < 4.78 is 37.5. The van der Waals surface area contributed by atoms with Gasteiger partial charge in [-0.05, 0) is 25.8 Å². The van der Waals surface area contributed by atoms with Crippen LogP contribution in [0.15, 0.2) is 12.3 Å². The number of alkyl halides is 3. The molecule has 1 unspecified atom stereocenters. The van der Waals surface area contributed by atoms with E-state index in [2.05, 4.69) is 14.9 Å². The van der Waals surface area contributed by atoms with Crippen LogP contribution < -0.4 is 4.90 Å². The maximum atomic E-state index is 12.5. The van der Waals surface area contributed by atoms with E-state index >= 15 is 0 Å². The fourth-order valence-electron chi connectivity index (χ4n) is 2.75. The lowest BCUT2D eigenvalue weighted by Gasteiger charge is -2.40. The average molecular weight is 300 g/mol. The fourth-order valence-corrected chi connectivity index (χ4v) is 2.75. The fraction of sp³-hybridized carbons (Fsp3) is 0.714. The normalized spacial score (nSPS) is 24.4. The molecule has 1 aromatic heterocycles. The third-order valence-corrected chi connectivity index (χ3v) is 4.07. The average Bonchev–Trinajstić information content (AvgIpc) is 3.24. The molecule has 116 valence electrons. The third-order valence-electron chi connectivity index (χ3n) is 4.07. The summed E-state index contributed by atoms with van der Waals surface area (Å²) in [5, 5.41) is 0. The maximum Gasteiger partial charge on any atom is 0.401 e. The second-order valence-corrected chi connectivity index (χ2v) is 5.93. The number of rotatable bonds is 3. The molecule has 1 aliphatic carbocycles. The standard InChI is InChI=1S/C14H19F3N4/c1-10-8-20(6-7-21(10)9-14(15,16)17)12-4-5-18-13(19-12)11-2-3-11/h4-5,10-11H,2-3,6-9H2,1H3. The van der Waals surface area contributed by atoms with E-state index in [0.717, 1.165) is 24.5 Å². The predicted molar refractivity (Wildman–Crippen MR) is 73.3 cm³/mol. The van der Waals surface area contributed by atoms with E-state index in [9.17, 15) is 13.2 Å². The van der Waals surface area contributed by atoms with Crippen LogP contribution in [0, 0.1) is 0 Å². The molecule has 1 atom stereocenters. The molecule has 0 aromatic carbocycles. The van der Waals surface area contributed by atoms with E-state index in [0.29, 0.717) is 25.6 Å². The number of halogens is 3. The molecule has 2 heterocycles. The summed E-state index contributed by atoms with van der Waals surface area (Å²) >= 11 is 0. The monoisotopic (exact) mass is 300 g/mol. The first kappa shape index (κ1) is 14.6. The zero-order valence-corrected chi connectivity index (χ0v) is 12.0. The Labute approximate surface area is 122 Å². The summed E-state index contributed by atoms with van der Waals surface area (Å²) in [6.07, 6.45) is -0.105. The van der Waals surface area contributed by atoms with Crippen LogP contribution in [0.5, 0.6) is 0 Å². The van der Waals surface area contributed by atoms with E-state index in [4.69, 9.17) is 0 Å². The van der Waals surface area contributed by atoms with E-state index < -0.39 is 12.7 Å². The van der Waals surface area contributed by atoms with Gasteiger partial charge in [0.2, 0.25) is 0 Å². The highest BCUT2D eigenvalue weighted by molar-refractivity contribution is 5.39. The Morgan fingerprint density at radius 2 is 2.05 bits per heavy atom. The molecule has 1 saturated heterocycles. The van der Waals surface area contributed by atoms with Crippen molar-refractivity contribution in [1.82, 2.24) is 14.9 Å². The van der Waals surface area contributed by atoms with E-state index in [-0.39, 0.29) is 6.04 Å². The molecule has 2 fully saturated rings. The third kappa shape index (κ3) is 3.64. The molecule has 0 radical (unpaired) electrons. The second-order valence-electron chi connectivity index (χ2n) is 5.93. The predicted octanol–water partition coefficient (Wildman–Crippen LogP) is 2.43. The number of hydrogen-bond acceptors (Lipinski definition) is 4. The molecule has 1 aromatic rings. The van der Waals surface area contributed by atoms with Crippen molar-refractivity contribution >= 4 is 5.82 Å². The Bertz CT molecular complexity index is 501. The lowest BCUT2D eigenvalue weighted by atomic mass is 10.2. The number of aromatic nitrogens is 2. The first-order chi connectivity index (χ1) is 9.92. The van der Waals surface area contributed by atoms with E-state index in [1.165, 1.54) is 4.90 Å². The minimum atomic E-state index is -4.13. The number of hydrogen-bond donors (Lipinski definition) is 0. The van der Waals surface area contributed by atoms with Crippen molar-refractivity contribution in [3.63, 3.8) is 0 Å². The van der Waals surface area contributed by atoms with Gasteiger partial charge in [0.15, 0.2) is 0 Å². The Morgan fingerprint density at radius 3 is 2.67 bits per heavy atom. The van der Waals surface area contributed by atoms with Crippen molar-refractivity contribution in [3.05, 3.63) is 18.1 Å². The minimum absolute atomic E-state index is 0.139. The van der Waals surface area contributed by atoms with Crippen LogP contribution in [-0.2, 0) is 0 Å². The van der Waals surface area contributed by atoms with Crippen LogP contribution in [0.2, 0.25) is 0 Å². The van der Waals surface area contributed by atoms with Crippen LogP contribution >= 0.6 is 0 Å². The number of anilines is 1. The molecule has 0 N–H and O–H groups in total. The maximum absolute atomic E-state index is 12.5. The lowest BCUT2D eigenvalue weighted by molar-refractivity contribution is -0.150. The minimum Gasteiger partial charge on any atom is -0.354 e. The van der Waals surface area contributed by atoms with Gasteiger partial charge in [-0.15, -0.1) is 0 Å². The Kier molecular flexibility index (Phi) is 3.77. The summed E-state index contributed by atoms with van der Waals surface area (Å²) in [5.74, 6) is 2.19. The van der Waals surface area contributed by atoms with Gasteiger partial charge in [-0.25, -0.2) is 9.97 Å². The van der Waals surface area contributed by atoms with E-state index in [1.54, 1.807) is 6.20 Å². The van der Waals surface area contributed by atoms with Crippen LogP contribution in [0.25, 0.3) is 0 Å². The van der Waals surface area contributed by atoms with Crippen molar-refractivity contribution in [1.29, 1.82) is 0 Å². The highest BCUT2D eigenvalue weighted by atomic mass is 19.4. The smallest absolute Gasteiger partial charge is 0.354 e. The topological polar surface area (TPSA) is 32.3 Å². The van der Waals surface area contributed by atoms with Gasteiger partial charge in [-0.1, -0.05) is 0 Å². The van der Waals surface area contributed by atoms with Gasteiger partial charge >= 0.3 is 6.18 Å². The number of nitrogens with zero attached hydrogens (tertiary/aromatic N) is 4. The van der Waals surface area contributed by atoms with Gasteiger partial charge in [0, 0.05) is 37.8 Å². The zero-order chi connectivity index (χ0) is 15.0. The van der Waals surface area contributed by atoms with Crippen molar-refractivity contribution < 1.29 is 13.2 Å². The summed E-state index contributed by atoms with van der Waals surface area (Å²) in [6.45, 7) is 2.54. The van der Waals surface area contributed by atoms with E-state index in [1.807, 2.05) is 13.0 Å². The summed E-state index contributed by atoms with van der Waals surface area (Å²) in [5.41, 5.74) is 0. The van der Waals surface area contributed by atoms with Gasteiger partial charge in [0.1, 0.15) is 11.6 Å². The molecule has 1 saturated carbocycles. The summed E-state index contributed by atoms with van der Waals surface area (Å²) in [7, 11) is 0. The molecule has 2 aliphatic rings. The molecule has 0 amide bonds. The molecule has 0 spiro atoms. The van der Waals surface area contributed by atoms with Crippen LogP contribution in [-0.4, -0.2) is 53.3 Å². The Hall–Kier alpha value is -1.37. The molecular formula is C14H19F3N4. The first-order valence-corrected chi connectivity index (χ1v) is 7.31. The van der Waals surface area contributed by atoms with Crippen molar-refractivity contribution in [3.8, 4) is 0 Å². The summed E-state index contributed by atoms with van der Waals surface area (Å²) in [6, 6.07) is 1.71. The van der Waals surface area contributed by atoms with Crippen LogP contribution in [0.3, 0.4) is 0 Å². The van der Waals surface area contributed by atoms with Gasteiger partial charge < -0.3 is 4.90 Å². The molecule has 21 heavy (non-hydrogen) atoms. The van der Waals surface area contributed by atoms with Crippen LogP contribution in [0.4, 0.5) is 19.0 Å². The molecular weight excluding hydrogens is 281 g/mol. The Balaban J connectivity index is 1.65. The highest BCUT2D eigenvalue weighted by Gasteiger charge is 2.35. The summed E-state index contributed by atoms with van der Waals surface area (Å²) in [4.78, 5) is 12.4. The molecule has 4 nitrogen and oxygen atoms in total. The zero-order valence-electron chi connectivity index (χ0n) is 12.0.